The maximum absolute atomic E-state index is 13.9. The maximum atomic E-state index is 13.9. The van der Waals surface area contributed by atoms with E-state index in [0.29, 0.717) is 29.5 Å². The van der Waals surface area contributed by atoms with Crippen molar-refractivity contribution in [1.82, 2.24) is 5.32 Å². The van der Waals surface area contributed by atoms with Gasteiger partial charge in [0.05, 0.1) is 21.3 Å². The van der Waals surface area contributed by atoms with Crippen LogP contribution in [-0.2, 0) is 16.1 Å². The molecule has 0 bridgehead atoms. The van der Waals surface area contributed by atoms with E-state index in [1.807, 2.05) is 36.4 Å². The van der Waals surface area contributed by atoms with Gasteiger partial charge in [0, 0.05) is 25.1 Å². The summed E-state index contributed by atoms with van der Waals surface area (Å²) >= 11 is 0. The predicted molar refractivity (Wildman–Crippen MR) is 149 cm³/mol. The van der Waals surface area contributed by atoms with Gasteiger partial charge in [-0.3, -0.25) is 9.59 Å². The normalized spacial score (nSPS) is 12.9. The summed E-state index contributed by atoms with van der Waals surface area (Å²) in [5.74, 6) is 1.16. The van der Waals surface area contributed by atoms with E-state index in [0.717, 1.165) is 36.8 Å². The largest absolute Gasteiger partial charge is 0.493 e. The van der Waals surface area contributed by atoms with Crippen LogP contribution < -0.4 is 24.8 Å². The number of benzene rings is 2. The zero-order valence-electron chi connectivity index (χ0n) is 23.7. The molecule has 0 radical (unpaired) electrons. The van der Waals surface area contributed by atoms with Gasteiger partial charge in [-0.1, -0.05) is 59.1 Å². The van der Waals surface area contributed by atoms with Crippen molar-refractivity contribution >= 4 is 17.5 Å². The van der Waals surface area contributed by atoms with Gasteiger partial charge in [0.25, 0.3) is 0 Å². The number of rotatable bonds is 13. The Bertz CT molecular complexity index is 1020. The third kappa shape index (κ3) is 8.41. The molecule has 2 aromatic carbocycles. The molecule has 0 aliphatic carbocycles. The van der Waals surface area contributed by atoms with Crippen LogP contribution >= 0.6 is 0 Å². The summed E-state index contributed by atoms with van der Waals surface area (Å²) in [6.45, 7) is 10.4. The molecular weight excluding hydrogens is 468 g/mol. The molecule has 2 atom stereocenters. The molecule has 0 saturated heterocycles. The van der Waals surface area contributed by atoms with E-state index in [-0.39, 0.29) is 29.1 Å². The van der Waals surface area contributed by atoms with Crippen LogP contribution in [0, 0.1) is 11.3 Å². The lowest BCUT2D eigenvalue weighted by atomic mass is 9.68. The molecule has 0 aliphatic rings. The molecule has 0 spiro atoms. The molecule has 2 amide bonds. The molecule has 204 valence electrons. The van der Waals surface area contributed by atoms with Crippen molar-refractivity contribution < 1.29 is 23.8 Å². The number of anilines is 1. The number of methoxy groups -OCH3 is 3. The van der Waals surface area contributed by atoms with Crippen LogP contribution in [0.1, 0.15) is 77.3 Å². The number of hydrogen-bond donors (Lipinski definition) is 2. The van der Waals surface area contributed by atoms with Gasteiger partial charge in [0.1, 0.15) is 0 Å². The second-order valence-corrected chi connectivity index (χ2v) is 10.5. The fourth-order valence-corrected chi connectivity index (χ4v) is 4.84. The molecule has 2 rings (SSSR count). The third-order valence-electron chi connectivity index (χ3n) is 6.59. The average Bonchev–Trinajstić information content (AvgIpc) is 2.85. The van der Waals surface area contributed by atoms with Crippen molar-refractivity contribution in [1.29, 1.82) is 0 Å². The molecule has 37 heavy (non-hydrogen) atoms. The van der Waals surface area contributed by atoms with Crippen molar-refractivity contribution in [3.8, 4) is 17.2 Å². The molecule has 2 aromatic rings. The molecule has 0 saturated carbocycles. The second-order valence-electron chi connectivity index (χ2n) is 10.5. The Hall–Kier alpha value is -3.22. The number of carbonyl (C=O) groups excluding carboxylic acids is 2. The number of hydrogen-bond acceptors (Lipinski definition) is 5. The highest BCUT2D eigenvalue weighted by atomic mass is 16.5. The van der Waals surface area contributed by atoms with E-state index in [4.69, 9.17) is 14.2 Å². The molecule has 2 unspecified atom stereocenters. The van der Waals surface area contributed by atoms with Gasteiger partial charge in [0.15, 0.2) is 11.5 Å². The highest BCUT2D eigenvalue weighted by molar-refractivity contribution is 5.93. The molecular formula is C30H44N2O5. The zero-order chi connectivity index (χ0) is 27.6. The van der Waals surface area contributed by atoms with Crippen LogP contribution in [0.2, 0.25) is 0 Å². The minimum absolute atomic E-state index is 0.0422. The topological polar surface area (TPSA) is 85.9 Å². The van der Waals surface area contributed by atoms with E-state index in [9.17, 15) is 9.59 Å². The zero-order valence-corrected chi connectivity index (χ0v) is 23.7. The van der Waals surface area contributed by atoms with E-state index < -0.39 is 0 Å². The van der Waals surface area contributed by atoms with E-state index in [1.165, 1.54) is 6.92 Å². The molecule has 0 aromatic heterocycles. The highest BCUT2D eigenvalue weighted by Crippen LogP contribution is 2.46. The van der Waals surface area contributed by atoms with Gasteiger partial charge in [-0.05, 0) is 53.1 Å². The van der Waals surface area contributed by atoms with Crippen molar-refractivity contribution in [3.05, 3.63) is 47.5 Å². The first-order valence-corrected chi connectivity index (χ1v) is 13.0. The number of amides is 2. The predicted octanol–water partition coefficient (Wildman–Crippen LogP) is 6.31. The van der Waals surface area contributed by atoms with Crippen molar-refractivity contribution in [2.45, 2.75) is 72.8 Å². The lowest BCUT2D eigenvalue weighted by Crippen LogP contribution is -2.38. The number of carbonyl (C=O) groups is 2. The summed E-state index contributed by atoms with van der Waals surface area (Å²) in [6.07, 6.45) is 4.04. The Kier molecular flexibility index (Phi) is 11.3. The van der Waals surface area contributed by atoms with Gasteiger partial charge < -0.3 is 24.8 Å². The van der Waals surface area contributed by atoms with Gasteiger partial charge >= 0.3 is 0 Å². The van der Waals surface area contributed by atoms with Gasteiger partial charge in [0.2, 0.25) is 17.6 Å². The molecule has 2 N–H and O–H groups in total. The van der Waals surface area contributed by atoms with Crippen molar-refractivity contribution in [3.63, 3.8) is 0 Å². The third-order valence-corrected chi connectivity index (χ3v) is 6.59. The quantitative estimate of drug-likeness (QED) is 0.307. The minimum Gasteiger partial charge on any atom is -0.493 e. The maximum Gasteiger partial charge on any atom is 0.228 e. The molecule has 0 aliphatic heterocycles. The van der Waals surface area contributed by atoms with E-state index >= 15 is 0 Å². The Morgan fingerprint density at radius 3 is 2.11 bits per heavy atom. The fourth-order valence-electron chi connectivity index (χ4n) is 4.84. The summed E-state index contributed by atoms with van der Waals surface area (Å²) in [6, 6.07) is 11.5. The van der Waals surface area contributed by atoms with E-state index in [2.05, 4.69) is 38.3 Å². The summed E-state index contributed by atoms with van der Waals surface area (Å²) in [7, 11) is 4.80. The van der Waals surface area contributed by atoms with Crippen LogP contribution in [0.4, 0.5) is 5.69 Å². The van der Waals surface area contributed by atoms with Gasteiger partial charge in [-0.2, -0.15) is 0 Å². The van der Waals surface area contributed by atoms with Crippen molar-refractivity contribution in [2.75, 3.05) is 26.6 Å². The van der Waals surface area contributed by atoms with Gasteiger partial charge in [-0.15, -0.1) is 0 Å². The fraction of sp³-hybridized carbons (Fsp3) is 0.533. The smallest absolute Gasteiger partial charge is 0.228 e. The van der Waals surface area contributed by atoms with Crippen LogP contribution in [-0.4, -0.2) is 33.1 Å². The average molecular weight is 513 g/mol. The monoisotopic (exact) mass is 512 g/mol. The molecule has 7 heteroatoms. The second kappa shape index (κ2) is 13.9. The summed E-state index contributed by atoms with van der Waals surface area (Å²) in [5, 5.41) is 5.96. The summed E-state index contributed by atoms with van der Waals surface area (Å²) < 4.78 is 16.8. The lowest BCUT2D eigenvalue weighted by molar-refractivity contribution is -0.124. The minimum atomic E-state index is -0.328. The first-order valence-electron chi connectivity index (χ1n) is 13.0. The van der Waals surface area contributed by atoms with E-state index in [1.54, 1.807) is 21.3 Å². The Morgan fingerprint density at radius 2 is 1.59 bits per heavy atom. The van der Waals surface area contributed by atoms with Crippen molar-refractivity contribution in [2.24, 2.45) is 11.3 Å². The number of ether oxygens (including phenoxy) is 3. The summed E-state index contributed by atoms with van der Waals surface area (Å²) in [5.41, 5.74) is 2.29. The standard InChI is InChI=1S/C30H44N2O5/c1-9-10-11-15-24(22-17-25(35-6)28(37-8)26(18-22)36-7)27(30(3,4)5)29(34)32-23-14-12-13-21(16-23)19-31-20(2)33/h12-14,16-18,24,27H,9-11,15,19H2,1-8H3,(H,31,33)(H,32,34). The van der Waals surface area contributed by atoms with Crippen LogP contribution in [0.5, 0.6) is 17.2 Å². The Labute approximate surface area is 222 Å². The SMILES string of the molecule is CCCCCC(c1cc(OC)c(OC)c(OC)c1)C(C(=O)Nc1cccc(CNC(C)=O)c1)C(C)(C)C. The van der Waals surface area contributed by atoms with Crippen LogP contribution in [0.3, 0.4) is 0 Å². The Morgan fingerprint density at radius 1 is 0.946 bits per heavy atom. The van der Waals surface area contributed by atoms with Gasteiger partial charge in [-0.25, -0.2) is 0 Å². The Balaban J connectivity index is 2.50. The molecule has 0 fully saturated rings. The highest BCUT2D eigenvalue weighted by Gasteiger charge is 2.39. The van der Waals surface area contributed by atoms with Crippen LogP contribution in [0.15, 0.2) is 36.4 Å². The number of unbranched alkanes of at least 4 members (excludes halogenated alkanes) is 2. The van der Waals surface area contributed by atoms with Crippen LogP contribution in [0.25, 0.3) is 0 Å². The molecule has 7 nitrogen and oxygen atoms in total. The lowest BCUT2D eigenvalue weighted by Gasteiger charge is -2.37. The summed E-state index contributed by atoms with van der Waals surface area (Å²) in [4.78, 5) is 25.3. The number of nitrogens with one attached hydrogen (secondary N) is 2. The molecule has 0 heterocycles. The first-order chi connectivity index (χ1) is 17.5. The first kappa shape index (κ1) is 30.0.